The van der Waals surface area contributed by atoms with Gasteiger partial charge in [-0.3, -0.25) is 15.0 Å². The maximum atomic E-state index is 14.7. The molecule has 6 heterocycles. The van der Waals surface area contributed by atoms with E-state index in [0.717, 1.165) is 64.2 Å². The van der Waals surface area contributed by atoms with Crippen LogP contribution in [0.3, 0.4) is 0 Å². The highest BCUT2D eigenvalue weighted by Crippen LogP contribution is 2.35. The highest BCUT2D eigenvalue weighted by atomic mass is 19.1. The number of likely N-dealkylation sites (tertiary alicyclic amines) is 1. The molecule has 7 rings (SSSR count). The molecule has 9 heteroatoms. The smallest absolute Gasteiger partial charge is 0.155 e. The summed E-state index contributed by atoms with van der Waals surface area (Å²) >= 11 is 0. The Bertz CT molecular complexity index is 1770. The Labute approximate surface area is 223 Å². The zero-order valence-corrected chi connectivity index (χ0v) is 21.2. The first-order valence-electron chi connectivity index (χ1n) is 13.1. The van der Waals surface area contributed by atoms with Gasteiger partial charge in [0.25, 0.3) is 0 Å². The molecule has 0 bridgehead atoms. The first-order valence-corrected chi connectivity index (χ1v) is 13.1. The van der Waals surface area contributed by atoms with Crippen LogP contribution in [0.15, 0.2) is 73.2 Å². The standard InChI is InChI=1S/C30H26FN7O/c31-21-13-19(14-22(16-21)39-12-11-38-9-3-4-10-38)23-6-8-33-29-24(23)17-27(35-29)28-25-15-20(18-34-30(25)37-36-28)26-5-1-2-7-32-26/h1-2,5-8,13-18H,3-4,9-12H2,(H,33,35)(H,34,36,37). The van der Waals surface area contributed by atoms with Crippen LogP contribution < -0.4 is 4.74 Å². The lowest BCUT2D eigenvalue weighted by molar-refractivity contribution is 0.237. The van der Waals surface area contributed by atoms with E-state index in [2.05, 4.69) is 35.0 Å². The van der Waals surface area contributed by atoms with Crippen LogP contribution in [-0.2, 0) is 0 Å². The van der Waals surface area contributed by atoms with Gasteiger partial charge in [-0.25, -0.2) is 14.4 Å². The molecule has 6 aromatic rings. The second kappa shape index (κ2) is 9.92. The molecule has 0 amide bonds. The van der Waals surface area contributed by atoms with Crippen molar-refractivity contribution in [3.05, 3.63) is 79.0 Å². The number of nitrogens with zero attached hydrogens (tertiary/aromatic N) is 5. The first kappa shape index (κ1) is 23.5. The fourth-order valence-electron chi connectivity index (χ4n) is 5.29. The summed E-state index contributed by atoms with van der Waals surface area (Å²) in [6, 6.07) is 16.6. The van der Waals surface area contributed by atoms with Crippen LogP contribution in [0.4, 0.5) is 4.39 Å². The van der Waals surface area contributed by atoms with Crippen LogP contribution in [0.2, 0.25) is 0 Å². The minimum Gasteiger partial charge on any atom is -0.492 e. The largest absolute Gasteiger partial charge is 0.492 e. The van der Waals surface area contributed by atoms with E-state index in [4.69, 9.17) is 4.74 Å². The van der Waals surface area contributed by atoms with Crippen LogP contribution in [-0.4, -0.2) is 61.3 Å². The van der Waals surface area contributed by atoms with E-state index in [1.54, 1.807) is 18.6 Å². The van der Waals surface area contributed by atoms with Gasteiger partial charge in [-0.2, -0.15) is 5.10 Å². The average molecular weight is 520 g/mol. The highest BCUT2D eigenvalue weighted by Gasteiger charge is 2.17. The van der Waals surface area contributed by atoms with E-state index in [1.807, 2.05) is 42.5 Å². The number of halogens is 1. The number of pyridine rings is 3. The van der Waals surface area contributed by atoms with Crippen LogP contribution in [0.5, 0.6) is 5.75 Å². The maximum Gasteiger partial charge on any atom is 0.155 e. The molecule has 0 unspecified atom stereocenters. The van der Waals surface area contributed by atoms with Gasteiger partial charge in [-0.15, -0.1) is 0 Å². The van der Waals surface area contributed by atoms with Gasteiger partial charge >= 0.3 is 0 Å². The molecular formula is C30H26FN7O. The molecule has 5 aromatic heterocycles. The minimum absolute atomic E-state index is 0.337. The van der Waals surface area contributed by atoms with Gasteiger partial charge in [-0.05, 0) is 79.5 Å². The number of benzene rings is 1. The van der Waals surface area contributed by atoms with Crippen molar-refractivity contribution in [2.45, 2.75) is 12.8 Å². The molecule has 1 aromatic carbocycles. The summed E-state index contributed by atoms with van der Waals surface area (Å²) in [6.45, 7) is 3.59. The number of rotatable bonds is 7. The van der Waals surface area contributed by atoms with Crippen LogP contribution in [0.25, 0.3) is 55.8 Å². The summed E-state index contributed by atoms with van der Waals surface area (Å²) in [5.41, 5.74) is 6.21. The van der Waals surface area contributed by atoms with Gasteiger partial charge in [-0.1, -0.05) is 6.07 Å². The Balaban J connectivity index is 1.23. The van der Waals surface area contributed by atoms with E-state index in [-0.39, 0.29) is 5.82 Å². The number of hydrogen-bond donors (Lipinski definition) is 2. The Morgan fingerprint density at radius 3 is 2.67 bits per heavy atom. The van der Waals surface area contributed by atoms with E-state index >= 15 is 0 Å². The third-order valence-electron chi connectivity index (χ3n) is 7.22. The average Bonchev–Trinajstić information content (AvgIpc) is 3.72. The van der Waals surface area contributed by atoms with Crippen molar-refractivity contribution in [3.8, 4) is 39.5 Å². The molecule has 0 atom stereocenters. The molecular weight excluding hydrogens is 493 g/mol. The summed E-state index contributed by atoms with van der Waals surface area (Å²) < 4.78 is 20.6. The normalized spacial score (nSPS) is 14.0. The lowest BCUT2D eigenvalue weighted by atomic mass is 10.0. The van der Waals surface area contributed by atoms with Gasteiger partial charge in [0, 0.05) is 47.5 Å². The monoisotopic (exact) mass is 519 g/mol. The SMILES string of the molecule is Fc1cc(OCCN2CCCC2)cc(-c2ccnc3[nH]c(-c4n[nH]c5ncc(-c6ccccn6)cc45)cc23)c1. The summed E-state index contributed by atoms with van der Waals surface area (Å²) in [5, 5.41) is 9.29. The molecule has 0 radical (unpaired) electrons. The van der Waals surface area contributed by atoms with Crippen molar-refractivity contribution >= 4 is 22.1 Å². The lowest BCUT2D eigenvalue weighted by Crippen LogP contribution is -2.25. The molecule has 2 N–H and O–H groups in total. The summed E-state index contributed by atoms with van der Waals surface area (Å²) in [6.07, 6.45) is 7.73. The molecule has 1 fully saturated rings. The van der Waals surface area contributed by atoms with E-state index in [9.17, 15) is 4.39 Å². The number of H-pyrrole nitrogens is 2. The van der Waals surface area contributed by atoms with Gasteiger partial charge in [0.2, 0.25) is 0 Å². The third kappa shape index (κ3) is 4.61. The molecule has 0 aliphatic carbocycles. The van der Waals surface area contributed by atoms with Crippen molar-refractivity contribution in [2.24, 2.45) is 0 Å². The Morgan fingerprint density at radius 1 is 0.872 bits per heavy atom. The number of aromatic amines is 2. The van der Waals surface area contributed by atoms with Gasteiger partial charge in [0.1, 0.15) is 29.5 Å². The maximum absolute atomic E-state index is 14.7. The summed E-state index contributed by atoms with van der Waals surface area (Å²) in [7, 11) is 0. The fourth-order valence-corrected chi connectivity index (χ4v) is 5.29. The molecule has 1 saturated heterocycles. The molecule has 8 nitrogen and oxygen atoms in total. The minimum atomic E-state index is -0.337. The number of hydrogen-bond acceptors (Lipinski definition) is 6. The van der Waals surface area contributed by atoms with Gasteiger partial charge in [0.15, 0.2) is 5.65 Å². The zero-order valence-electron chi connectivity index (χ0n) is 21.2. The molecule has 1 aliphatic rings. The number of aromatic nitrogens is 6. The van der Waals surface area contributed by atoms with Crippen molar-refractivity contribution < 1.29 is 9.13 Å². The predicted molar refractivity (Wildman–Crippen MR) is 149 cm³/mol. The Morgan fingerprint density at radius 2 is 1.79 bits per heavy atom. The van der Waals surface area contributed by atoms with Crippen molar-refractivity contribution in [2.75, 3.05) is 26.2 Å². The van der Waals surface area contributed by atoms with Crippen molar-refractivity contribution in [1.82, 2.24) is 35.0 Å². The first-order chi connectivity index (χ1) is 19.2. The Kier molecular flexibility index (Phi) is 5.97. The molecule has 1 aliphatic heterocycles. The van der Waals surface area contributed by atoms with Crippen LogP contribution in [0, 0.1) is 5.82 Å². The second-order valence-corrected chi connectivity index (χ2v) is 9.78. The second-order valence-electron chi connectivity index (χ2n) is 9.78. The van der Waals surface area contributed by atoms with Crippen molar-refractivity contribution in [3.63, 3.8) is 0 Å². The summed E-state index contributed by atoms with van der Waals surface area (Å²) in [4.78, 5) is 19.3. The van der Waals surface area contributed by atoms with Crippen LogP contribution >= 0.6 is 0 Å². The molecule has 0 spiro atoms. The zero-order chi connectivity index (χ0) is 26.2. The van der Waals surface area contributed by atoms with E-state index < -0.39 is 0 Å². The topological polar surface area (TPSA) is 95.6 Å². The molecule has 0 saturated carbocycles. The quantitative estimate of drug-likeness (QED) is 0.275. The highest BCUT2D eigenvalue weighted by molar-refractivity contribution is 5.99. The van der Waals surface area contributed by atoms with Gasteiger partial charge < -0.3 is 9.72 Å². The van der Waals surface area contributed by atoms with Crippen LogP contribution in [0.1, 0.15) is 12.8 Å². The number of nitrogens with one attached hydrogen (secondary N) is 2. The number of ether oxygens (including phenoxy) is 1. The van der Waals surface area contributed by atoms with Crippen molar-refractivity contribution in [1.29, 1.82) is 0 Å². The number of fused-ring (bicyclic) bond motifs is 2. The Hall–Kier alpha value is -4.63. The lowest BCUT2D eigenvalue weighted by Gasteiger charge is -2.15. The summed E-state index contributed by atoms with van der Waals surface area (Å²) in [5.74, 6) is 0.187. The molecule has 194 valence electrons. The van der Waals surface area contributed by atoms with E-state index in [0.29, 0.717) is 23.7 Å². The fraction of sp³-hybridized carbons (Fsp3) is 0.200. The molecule has 39 heavy (non-hydrogen) atoms. The predicted octanol–water partition coefficient (Wildman–Crippen LogP) is 5.84. The van der Waals surface area contributed by atoms with Gasteiger partial charge in [0.05, 0.1) is 11.4 Å². The third-order valence-corrected chi connectivity index (χ3v) is 7.22. The van der Waals surface area contributed by atoms with E-state index in [1.165, 1.54) is 25.0 Å².